The molecular weight excluding hydrogens is 269 g/mol. The van der Waals surface area contributed by atoms with Crippen LogP contribution in [0.3, 0.4) is 0 Å². The number of phenolic OH excluding ortho intramolecular Hbond substituents is 1. The van der Waals surface area contributed by atoms with Crippen LogP contribution in [0.4, 0.5) is 13.2 Å². The molecule has 1 N–H and O–H groups in total. The number of halogens is 3. The third-order valence-electron chi connectivity index (χ3n) is 2.87. The van der Waals surface area contributed by atoms with Gasteiger partial charge in [-0.3, -0.25) is 0 Å². The molecule has 0 aliphatic carbocycles. The molecule has 0 aliphatic heterocycles. The summed E-state index contributed by atoms with van der Waals surface area (Å²) >= 11 is 0. The molecule has 0 saturated heterocycles. The third kappa shape index (κ3) is 3.44. The van der Waals surface area contributed by atoms with E-state index in [4.69, 9.17) is 4.74 Å². The SMILES string of the molecule is Cc1ccccc1COc1cc(O)cc(C(F)(F)F)c1. The van der Waals surface area contributed by atoms with Gasteiger partial charge in [-0.15, -0.1) is 0 Å². The topological polar surface area (TPSA) is 29.5 Å². The van der Waals surface area contributed by atoms with Crippen molar-refractivity contribution < 1.29 is 23.0 Å². The smallest absolute Gasteiger partial charge is 0.416 e. The lowest BCUT2D eigenvalue weighted by molar-refractivity contribution is -0.137. The van der Waals surface area contributed by atoms with Crippen LogP contribution < -0.4 is 4.74 Å². The molecule has 2 aromatic rings. The maximum atomic E-state index is 12.6. The molecule has 0 unspecified atom stereocenters. The number of alkyl halides is 3. The molecule has 0 amide bonds. The van der Waals surface area contributed by atoms with E-state index in [1.807, 2.05) is 31.2 Å². The van der Waals surface area contributed by atoms with Crippen molar-refractivity contribution in [1.82, 2.24) is 0 Å². The summed E-state index contributed by atoms with van der Waals surface area (Å²) in [5.74, 6) is -0.486. The number of hydrogen-bond donors (Lipinski definition) is 1. The molecule has 0 radical (unpaired) electrons. The van der Waals surface area contributed by atoms with Crippen molar-refractivity contribution >= 4 is 0 Å². The van der Waals surface area contributed by atoms with Gasteiger partial charge < -0.3 is 9.84 Å². The molecule has 0 aromatic heterocycles. The van der Waals surface area contributed by atoms with Crippen LogP contribution in [0.25, 0.3) is 0 Å². The van der Waals surface area contributed by atoms with Crippen molar-refractivity contribution in [2.45, 2.75) is 19.7 Å². The second-order valence-electron chi connectivity index (χ2n) is 4.43. The predicted molar refractivity (Wildman–Crippen MR) is 68.6 cm³/mol. The van der Waals surface area contributed by atoms with Crippen LogP contribution in [0, 0.1) is 6.92 Å². The zero-order valence-electron chi connectivity index (χ0n) is 10.7. The van der Waals surface area contributed by atoms with Crippen molar-refractivity contribution in [3.05, 3.63) is 59.2 Å². The summed E-state index contributed by atoms with van der Waals surface area (Å²) in [6.07, 6.45) is -4.51. The maximum Gasteiger partial charge on any atom is 0.416 e. The Bertz CT molecular complexity index is 606. The Balaban J connectivity index is 2.18. The molecular formula is C15H13F3O2. The zero-order chi connectivity index (χ0) is 14.8. The summed E-state index contributed by atoms with van der Waals surface area (Å²) in [6.45, 7) is 2.04. The monoisotopic (exact) mass is 282 g/mol. The zero-order valence-corrected chi connectivity index (χ0v) is 10.7. The average Bonchev–Trinajstić information content (AvgIpc) is 2.36. The molecule has 0 heterocycles. The Kier molecular flexibility index (Phi) is 3.88. The highest BCUT2D eigenvalue weighted by molar-refractivity contribution is 5.39. The number of aryl methyl sites for hydroxylation is 1. The van der Waals surface area contributed by atoms with E-state index >= 15 is 0 Å². The fourth-order valence-electron chi connectivity index (χ4n) is 1.76. The fraction of sp³-hybridized carbons (Fsp3) is 0.200. The highest BCUT2D eigenvalue weighted by Gasteiger charge is 2.31. The van der Waals surface area contributed by atoms with Gasteiger partial charge in [0.05, 0.1) is 5.56 Å². The Hall–Kier alpha value is -2.17. The first-order chi connectivity index (χ1) is 9.36. The average molecular weight is 282 g/mol. The van der Waals surface area contributed by atoms with Crippen LogP contribution in [0.2, 0.25) is 0 Å². The number of hydrogen-bond acceptors (Lipinski definition) is 2. The minimum Gasteiger partial charge on any atom is -0.508 e. The molecule has 20 heavy (non-hydrogen) atoms. The first-order valence-corrected chi connectivity index (χ1v) is 5.95. The van der Waals surface area contributed by atoms with Crippen LogP contribution in [-0.2, 0) is 12.8 Å². The predicted octanol–water partition coefficient (Wildman–Crippen LogP) is 4.30. The number of benzene rings is 2. The second kappa shape index (κ2) is 5.45. The molecule has 0 saturated carbocycles. The molecule has 2 nitrogen and oxygen atoms in total. The largest absolute Gasteiger partial charge is 0.508 e. The van der Waals surface area contributed by atoms with Gasteiger partial charge in [0.1, 0.15) is 18.1 Å². The lowest BCUT2D eigenvalue weighted by atomic mass is 10.1. The van der Waals surface area contributed by atoms with Gasteiger partial charge in [0, 0.05) is 6.07 Å². The molecule has 0 atom stereocenters. The highest BCUT2D eigenvalue weighted by atomic mass is 19.4. The summed E-state index contributed by atoms with van der Waals surface area (Å²) in [4.78, 5) is 0. The van der Waals surface area contributed by atoms with E-state index in [0.29, 0.717) is 6.07 Å². The van der Waals surface area contributed by atoms with Gasteiger partial charge in [-0.25, -0.2) is 0 Å². The normalized spacial score (nSPS) is 11.4. The van der Waals surface area contributed by atoms with E-state index in [1.54, 1.807) is 0 Å². The van der Waals surface area contributed by atoms with Gasteiger partial charge in [-0.2, -0.15) is 13.2 Å². The van der Waals surface area contributed by atoms with Gasteiger partial charge in [0.2, 0.25) is 0 Å². The Morgan fingerprint density at radius 1 is 1.10 bits per heavy atom. The Labute approximate surface area is 114 Å². The van der Waals surface area contributed by atoms with Crippen molar-refractivity contribution in [3.8, 4) is 11.5 Å². The summed E-state index contributed by atoms with van der Waals surface area (Å²) in [5, 5.41) is 9.33. The van der Waals surface area contributed by atoms with Crippen LogP contribution in [0.1, 0.15) is 16.7 Å². The summed E-state index contributed by atoms with van der Waals surface area (Å²) in [6, 6.07) is 10.1. The van der Waals surface area contributed by atoms with E-state index in [0.717, 1.165) is 23.3 Å². The first-order valence-electron chi connectivity index (χ1n) is 5.95. The Morgan fingerprint density at radius 2 is 1.80 bits per heavy atom. The van der Waals surface area contributed by atoms with Gasteiger partial charge >= 0.3 is 6.18 Å². The molecule has 0 spiro atoms. The van der Waals surface area contributed by atoms with E-state index in [9.17, 15) is 18.3 Å². The standard InChI is InChI=1S/C15H13F3O2/c1-10-4-2-3-5-11(10)9-20-14-7-12(15(16,17)18)6-13(19)8-14/h2-8,19H,9H2,1H3. The number of ether oxygens (including phenoxy) is 1. The number of aromatic hydroxyl groups is 1. The second-order valence-corrected chi connectivity index (χ2v) is 4.43. The lowest BCUT2D eigenvalue weighted by Gasteiger charge is -2.12. The van der Waals surface area contributed by atoms with Gasteiger partial charge in [0.15, 0.2) is 0 Å². The first kappa shape index (κ1) is 14.2. The third-order valence-corrected chi connectivity index (χ3v) is 2.87. The quantitative estimate of drug-likeness (QED) is 0.909. The van der Waals surface area contributed by atoms with Crippen LogP contribution in [0.5, 0.6) is 11.5 Å². The molecule has 5 heteroatoms. The molecule has 106 valence electrons. The molecule has 0 bridgehead atoms. The molecule has 0 fully saturated rings. The summed E-state index contributed by atoms with van der Waals surface area (Å²) in [7, 11) is 0. The highest BCUT2D eigenvalue weighted by Crippen LogP contribution is 2.34. The Morgan fingerprint density at radius 3 is 2.45 bits per heavy atom. The summed E-state index contributed by atoms with van der Waals surface area (Å²) in [5.41, 5.74) is 0.936. The van der Waals surface area contributed by atoms with Crippen molar-refractivity contribution in [2.75, 3.05) is 0 Å². The minimum absolute atomic E-state index is 0.0134. The molecule has 2 aromatic carbocycles. The number of rotatable bonds is 3. The van der Waals surface area contributed by atoms with Gasteiger partial charge in [0.25, 0.3) is 0 Å². The van der Waals surface area contributed by atoms with E-state index in [2.05, 4.69) is 0 Å². The summed E-state index contributed by atoms with van der Waals surface area (Å²) < 4.78 is 43.2. The van der Waals surface area contributed by atoms with Crippen molar-refractivity contribution in [3.63, 3.8) is 0 Å². The fourth-order valence-corrected chi connectivity index (χ4v) is 1.76. The lowest BCUT2D eigenvalue weighted by Crippen LogP contribution is -2.05. The van der Waals surface area contributed by atoms with Crippen LogP contribution in [-0.4, -0.2) is 5.11 Å². The van der Waals surface area contributed by atoms with Gasteiger partial charge in [-0.1, -0.05) is 24.3 Å². The van der Waals surface area contributed by atoms with E-state index in [1.165, 1.54) is 0 Å². The van der Waals surface area contributed by atoms with Crippen molar-refractivity contribution in [1.29, 1.82) is 0 Å². The minimum atomic E-state index is -4.51. The maximum absolute atomic E-state index is 12.6. The van der Waals surface area contributed by atoms with E-state index < -0.39 is 17.5 Å². The molecule has 0 aliphatic rings. The number of phenols is 1. The van der Waals surface area contributed by atoms with Crippen LogP contribution >= 0.6 is 0 Å². The van der Waals surface area contributed by atoms with Gasteiger partial charge in [-0.05, 0) is 30.2 Å². The van der Waals surface area contributed by atoms with E-state index in [-0.39, 0.29) is 12.4 Å². The molecule has 2 rings (SSSR count). The van der Waals surface area contributed by atoms with Crippen LogP contribution in [0.15, 0.2) is 42.5 Å². The van der Waals surface area contributed by atoms with Crippen molar-refractivity contribution in [2.24, 2.45) is 0 Å².